The summed E-state index contributed by atoms with van der Waals surface area (Å²) in [5.74, 6) is -0.667. The van der Waals surface area contributed by atoms with E-state index in [1.165, 1.54) is 0 Å². The van der Waals surface area contributed by atoms with Crippen molar-refractivity contribution in [2.45, 2.75) is 46.0 Å². The zero-order valence-corrected chi connectivity index (χ0v) is 12.0. The fraction of sp³-hybridized carbons (Fsp3) is 0.750. The Morgan fingerprint density at radius 3 is 2.52 bits per heavy atom. The molecule has 0 saturated carbocycles. The van der Waals surface area contributed by atoms with Crippen molar-refractivity contribution >= 4 is 5.97 Å². The molecule has 1 unspecified atom stereocenters. The lowest BCUT2D eigenvalue weighted by atomic mass is 10.1. The molecule has 1 aromatic rings. The number of nitrogens with zero attached hydrogens (tertiary/aromatic N) is 3. The Balaban J connectivity index is 3.06. The molecule has 1 aromatic heterocycles. The molecule has 21 heavy (non-hydrogen) atoms. The van der Waals surface area contributed by atoms with Crippen LogP contribution in [-0.2, 0) is 17.7 Å². The topological polar surface area (TPSA) is 77.2 Å². The number of carbonyl (C=O) groups excluding carboxylic acids is 1. The van der Waals surface area contributed by atoms with Crippen molar-refractivity contribution in [3.05, 3.63) is 11.4 Å². The van der Waals surface area contributed by atoms with E-state index in [2.05, 4.69) is 10.3 Å². The maximum Gasteiger partial charge on any atom is 0.416 e. The zero-order valence-electron chi connectivity index (χ0n) is 12.0. The minimum Gasteiger partial charge on any atom is -0.461 e. The number of aliphatic hydroxyl groups is 1. The molecule has 0 bridgehead atoms. The molecular formula is C12H18F3N3O3. The first-order valence-corrected chi connectivity index (χ1v) is 6.51. The number of alkyl halides is 3. The monoisotopic (exact) mass is 309 g/mol. The van der Waals surface area contributed by atoms with Gasteiger partial charge in [-0.3, -0.25) is 0 Å². The zero-order chi connectivity index (χ0) is 16.2. The molecule has 0 aromatic carbocycles. The van der Waals surface area contributed by atoms with Crippen molar-refractivity contribution in [1.29, 1.82) is 0 Å². The van der Waals surface area contributed by atoms with Crippen LogP contribution in [0.3, 0.4) is 0 Å². The van der Waals surface area contributed by atoms with E-state index in [4.69, 9.17) is 9.84 Å². The second kappa shape index (κ2) is 6.88. The number of hydrogen-bond donors (Lipinski definition) is 1. The summed E-state index contributed by atoms with van der Waals surface area (Å²) >= 11 is 0. The van der Waals surface area contributed by atoms with Gasteiger partial charge in [-0.15, -0.1) is 5.10 Å². The van der Waals surface area contributed by atoms with Gasteiger partial charge < -0.3 is 9.84 Å². The van der Waals surface area contributed by atoms with E-state index >= 15 is 0 Å². The molecule has 0 saturated heterocycles. The van der Waals surface area contributed by atoms with Gasteiger partial charge in [-0.25, -0.2) is 9.48 Å². The van der Waals surface area contributed by atoms with Crippen molar-refractivity contribution in [2.75, 3.05) is 6.61 Å². The van der Waals surface area contributed by atoms with Crippen LogP contribution in [-0.4, -0.2) is 45.0 Å². The summed E-state index contributed by atoms with van der Waals surface area (Å²) < 4.78 is 42.9. The highest BCUT2D eigenvalue weighted by atomic mass is 19.4. The standard InChI is InChI=1S/C12H18F3N3O3/c1-4-21-11(20)10-8(5-7(2)3)18(17-16-10)6-9(19)12(13,14)15/h7,9,19H,4-6H2,1-3H3. The fourth-order valence-electron chi connectivity index (χ4n) is 1.69. The normalized spacial score (nSPS) is 13.5. The van der Waals surface area contributed by atoms with Crippen molar-refractivity contribution in [3.8, 4) is 0 Å². The van der Waals surface area contributed by atoms with E-state index in [1.54, 1.807) is 6.92 Å². The van der Waals surface area contributed by atoms with E-state index in [9.17, 15) is 18.0 Å². The van der Waals surface area contributed by atoms with E-state index in [0.29, 0.717) is 6.42 Å². The van der Waals surface area contributed by atoms with E-state index in [1.807, 2.05) is 13.8 Å². The summed E-state index contributed by atoms with van der Waals surface area (Å²) in [5.41, 5.74) is 0.117. The van der Waals surface area contributed by atoms with E-state index in [-0.39, 0.29) is 23.9 Å². The van der Waals surface area contributed by atoms with Crippen LogP contribution in [0.5, 0.6) is 0 Å². The first kappa shape index (κ1) is 17.4. The minimum atomic E-state index is -4.76. The van der Waals surface area contributed by atoms with Crippen LogP contribution in [0.15, 0.2) is 0 Å². The second-order valence-electron chi connectivity index (χ2n) is 4.94. The molecule has 0 aliphatic rings. The third-order valence-corrected chi connectivity index (χ3v) is 2.63. The Labute approximate surface area is 119 Å². The average molecular weight is 309 g/mol. The smallest absolute Gasteiger partial charge is 0.416 e. The fourth-order valence-corrected chi connectivity index (χ4v) is 1.69. The van der Waals surface area contributed by atoms with Crippen molar-refractivity contribution in [2.24, 2.45) is 5.92 Å². The molecule has 0 fully saturated rings. The number of aromatic nitrogens is 3. The Bertz CT molecular complexity index is 486. The number of ether oxygens (including phenoxy) is 1. The predicted octanol–water partition coefficient (Wildman–Crippen LogP) is 1.58. The third kappa shape index (κ3) is 4.69. The highest BCUT2D eigenvalue weighted by Crippen LogP contribution is 2.22. The molecule has 120 valence electrons. The number of aliphatic hydroxyl groups excluding tert-OH is 1. The molecule has 1 rings (SSSR count). The van der Waals surface area contributed by atoms with Gasteiger partial charge in [0.05, 0.1) is 18.8 Å². The van der Waals surface area contributed by atoms with Crippen LogP contribution in [0.1, 0.15) is 37.0 Å². The highest BCUT2D eigenvalue weighted by Gasteiger charge is 2.39. The molecule has 0 radical (unpaired) electrons. The molecule has 1 heterocycles. The van der Waals surface area contributed by atoms with Crippen LogP contribution < -0.4 is 0 Å². The van der Waals surface area contributed by atoms with Gasteiger partial charge in [0.1, 0.15) is 0 Å². The Morgan fingerprint density at radius 2 is 2.05 bits per heavy atom. The molecule has 0 amide bonds. The van der Waals surface area contributed by atoms with Gasteiger partial charge in [0, 0.05) is 0 Å². The number of rotatable bonds is 6. The van der Waals surface area contributed by atoms with Gasteiger partial charge in [0.25, 0.3) is 0 Å². The predicted molar refractivity (Wildman–Crippen MR) is 66.6 cm³/mol. The van der Waals surface area contributed by atoms with E-state index < -0.39 is 24.8 Å². The molecular weight excluding hydrogens is 291 g/mol. The molecule has 0 aliphatic heterocycles. The van der Waals surface area contributed by atoms with Gasteiger partial charge in [-0.2, -0.15) is 13.2 Å². The third-order valence-electron chi connectivity index (χ3n) is 2.63. The molecule has 0 aliphatic carbocycles. The van der Waals surface area contributed by atoms with Crippen molar-refractivity contribution in [3.63, 3.8) is 0 Å². The van der Waals surface area contributed by atoms with Crippen LogP contribution in [0.4, 0.5) is 13.2 Å². The summed E-state index contributed by atoms with van der Waals surface area (Å²) in [6, 6.07) is 0. The Morgan fingerprint density at radius 1 is 1.43 bits per heavy atom. The number of hydrogen-bond acceptors (Lipinski definition) is 5. The van der Waals surface area contributed by atoms with E-state index in [0.717, 1.165) is 4.68 Å². The van der Waals surface area contributed by atoms with Gasteiger partial charge in [-0.05, 0) is 19.3 Å². The first-order chi connectivity index (χ1) is 9.66. The van der Waals surface area contributed by atoms with Crippen LogP contribution >= 0.6 is 0 Å². The lowest BCUT2D eigenvalue weighted by Gasteiger charge is -2.16. The van der Waals surface area contributed by atoms with Crippen LogP contribution in [0.25, 0.3) is 0 Å². The quantitative estimate of drug-likeness (QED) is 0.807. The maximum absolute atomic E-state index is 12.4. The molecule has 9 heteroatoms. The summed E-state index contributed by atoms with van der Waals surface area (Å²) in [7, 11) is 0. The summed E-state index contributed by atoms with van der Waals surface area (Å²) in [6.45, 7) is 4.60. The first-order valence-electron chi connectivity index (χ1n) is 6.51. The summed E-state index contributed by atoms with van der Waals surface area (Å²) in [5, 5.41) is 16.2. The molecule has 1 N–H and O–H groups in total. The SMILES string of the molecule is CCOC(=O)c1nnn(CC(O)C(F)(F)F)c1CC(C)C. The second-order valence-corrected chi connectivity index (χ2v) is 4.94. The van der Waals surface area contributed by atoms with Crippen molar-refractivity contribution in [1.82, 2.24) is 15.0 Å². The minimum absolute atomic E-state index is 0.0680. The number of esters is 1. The molecule has 6 nitrogen and oxygen atoms in total. The number of carbonyl (C=O) groups is 1. The molecule has 1 atom stereocenters. The molecule has 0 spiro atoms. The largest absolute Gasteiger partial charge is 0.461 e. The van der Waals surface area contributed by atoms with Crippen LogP contribution in [0.2, 0.25) is 0 Å². The van der Waals surface area contributed by atoms with Gasteiger partial charge in [0.15, 0.2) is 11.8 Å². The Kier molecular flexibility index (Phi) is 5.70. The van der Waals surface area contributed by atoms with Crippen LogP contribution in [0, 0.1) is 5.92 Å². The van der Waals surface area contributed by atoms with Gasteiger partial charge in [0.2, 0.25) is 0 Å². The van der Waals surface area contributed by atoms with Crippen molar-refractivity contribution < 1.29 is 27.8 Å². The van der Waals surface area contributed by atoms with Gasteiger partial charge >= 0.3 is 12.1 Å². The van der Waals surface area contributed by atoms with Gasteiger partial charge in [-0.1, -0.05) is 19.1 Å². The summed E-state index contributed by atoms with van der Waals surface area (Å²) in [6.07, 6.45) is -7.03. The summed E-state index contributed by atoms with van der Waals surface area (Å²) in [4.78, 5) is 11.7. The Hall–Kier alpha value is -1.64. The lowest BCUT2D eigenvalue weighted by Crippen LogP contribution is -2.34. The average Bonchev–Trinajstić information content (AvgIpc) is 2.71. The number of halogens is 3. The maximum atomic E-state index is 12.4. The lowest BCUT2D eigenvalue weighted by molar-refractivity contribution is -0.208. The highest BCUT2D eigenvalue weighted by molar-refractivity contribution is 5.88.